The molecule has 0 spiro atoms. The van der Waals surface area contributed by atoms with E-state index in [4.69, 9.17) is 10.3 Å². The Morgan fingerprint density at radius 3 is 2.40 bits per heavy atom. The fourth-order valence-corrected chi connectivity index (χ4v) is 3.08. The van der Waals surface area contributed by atoms with E-state index in [1.165, 1.54) is 12.8 Å². The van der Waals surface area contributed by atoms with Gasteiger partial charge in [0.05, 0.1) is 5.41 Å². The maximum Gasteiger partial charge on any atom is 0.234 e. The van der Waals surface area contributed by atoms with Crippen LogP contribution < -0.4 is 5.73 Å². The quantitative estimate of drug-likeness (QED) is 0.928. The van der Waals surface area contributed by atoms with Crippen LogP contribution >= 0.6 is 0 Å². The van der Waals surface area contributed by atoms with Gasteiger partial charge in [-0.3, -0.25) is 4.98 Å². The molecule has 5 heteroatoms. The Kier molecular flexibility index (Phi) is 3.30. The second kappa shape index (κ2) is 4.98. The number of aromatic nitrogens is 3. The van der Waals surface area contributed by atoms with Gasteiger partial charge in [-0.25, -0.2) is 0 Å². The lowest BCUT2D eigenvalue weighted by Gasteiger charge is -2.21. The number of aryl methyl sites for hydroxylation is 2. The third-order valence-electron chi connectivity index (χ3n) is 4.17. The first-order valence-corrected chi connectivity index (χ1v) is 7.13. The zero-order chi connectivity index (χ0) is 14.2. The Labute approximate surface area is 118 Å². The van der Waals surface area contributed by atoms with Gasteiger partial charge in [0.25, 0.3) is 0 Å². The van der Waals surface area contributed by atoms with Crippen LogP contribution in [0.5, 0.6) is 0 Å². The SMILES string of the molecule is Cc1cc(-c2noc(C3(CN)CCCC3)n2)cc(C)n1. The van der Waals surface area contributed by atoms with Gasteiger partial charge in [0, 0.05) is 23.5 Å². The number of hydrogen-bond acceptors (Lipinski definition) is 5. The second-order valence-corrected chi connectivity index (χ2v) is 5.75. The van der Waals surface area contributed by atoms with E-state index >= 15 is 0 Å². The molecule has 1 fully saturated rings. The van der Waals surface area contributed by atoms with E-state index < -0.39 is 0 Å². The van der Waals surface area contributed by atoms with Gasteiger partial charge in [0.1, 0.15) is 0 Å². The summed E-state index contributed by atoms with van der Waals surface area (Å²) in [7, 11) is 0. The molecular formula is C15H20N4O. The van der Waals surface area contributed by atoms with E-state index in [1.54, 1.807) is 0 Å². The average molecular weight is 272 g/mol. The first-order chi connectivity index (χ1) is 9.63. The number of rotatable bonds is 3. The Morgan fingerprint density at radius 1 is 1.15 bits per heavy atom. The Hall–Kier alpha value is -1.75. The highest BCUT2D eigenvalue weighted by atomic mass is 16.5. The van der Waals surface area contributed by atoms with E-state index in [1.807, 2.05) is 26.0 Å². The normalized spacial score (nSPS) is 17.6. The molecule has 0 radical (unpaired) electrons. The molecule has 0 aromatic carbocycles. The summed E-state index contributed by atoms with van der Waals surface area (Å²) in [5, 5.41) is 4.14. The van der Waals surface area contributed by atoms with Gasteiger partial charge in [0.2, 0.25) is 11.7 Å². The molecule has 2 aromatic heterocycles. The van der Waals surface area contributed by atoms with Crippen LogP contribution in [0.4, 0.5) is 0 Å². The largest absolute Gasteiger partial charge is 0.338 e. The van der Waals surface area contributed by atoms with E-state index in [0.29, 0.717) is 18.3 Å². The molecule has 106 valence electrons. The van der Waals surface area contributed by atoms with Crippen molar-refractivity contribution in [3.63, 3.8) is 0 Å². The van der Waals surface area contributed by atoms with E-state index in [9.17, 15) is 0 Å². The van der Waals surface area contributed by atoms with Gasteiger partial charge in [-0.15, -0.1) is 0 Å². The molecule has 1 aliphatic rings. The highest BCUT2D eigenvalue weighted by Crippen LogP contribution is 2.39. The third-order valence-corrected chi connectivity index (χ3v) is 4.17. The smallest absolute Gasteiger partial charge is 0.234 e. The van der Waals surface area contributed by atoms with Crippen LogP contribution in [0.1, 0.15) is 43.0 Å². The second-order valence-electron chi connectivity index (χ2n) is 5.75. The summed E-state index contributed by atoms with van der Waals surface area (Å²) in [5.74, 6) is 1.33. The van der Waals surface area contributed by atoms with Crippen molar-refractivity contribution < 1.29 is 4.52 Å². The highest BCUT2D eigenvalue weighted by Gasteiger charge is 2.39. The van der Waals surface area contributed by atoms with Gasteiger partial charge in [-0.2, -0.15) is 4.98 Å². The molecule has 0 amide bonds. The summed E-state index contributed by atoms with van der Waals surface area (Å²) < 4.78 is 5.52. The molecule has 2 N–H and O–H groups in total. The summed E-state index contributed by atoms with van der Waals surface area (Å²) in [6.07, 6.45) is 4.45. The van der Waals surface area contributed by atoms with Crippen LogP contribution in [0.2, 0.25) is 0 Å². The molecule has 2 aromatic rings. The van der Waals surface area contributed by atoms with Gasteiger partial charge in [-0.05, 0) is 38.8 Å². The summed E-state index contributed by atoms with van der Waals surface area (Å²) >= 11 is 0. The lowest BCUT2D eigenvalue weighted by molar-refractivity contribution is 0.284. The van der Waals surface area contributed by atoms with Crippen LogP contribution in [-0.2, 0) is 5.41 Å². The minimum Gasteiger partial charge on any atom is -0.338 e. The molecule has 0 bridgehead atoms. The zero-order valence-electron chi connectivity index (χ0n) is 12.0. The third kappa shape index (κ3) is 2.22. The van der Waals surface area contributed by atoms with Crippen molar-refractivity contribution >= 4 is 0 Å². The fraction of sp³-hybridized carbons (Fsp3) is 0.533. The fourth-order valence-electron chi connectivity index (χ4n) is 3.08. The van der Waals surface area contributed by atoms with Crippen molar-refractivity contribution in [2.45, 2.75) is 44.9 Å². The van der Waals surface area contributed by atoms with Gasteiger partial charge >= 0.3 is 0 Å². The average Bonchev–Trinajstić information content (AvgIpc) is 3.07. The summed E-state index contributed by atoms with van der Waals surface area (Å²) in [6.45, 7) is 4.51. The van der Waals surface area contributed by atoms with Crippen LogP contribution in [0.25, 0.3) is 11.4 Å². The predicted octanol–water partition coefficient (Wildman–Crippen LogP) is 2.52. The summed E-state index contributed by atoms with van der Waals surface area (Å²) in [4.78, 5) is 8.97. The summed E-state index contributed by atoms with van der Waals surface area (Å²) in [5.41, 5.74) is 8.72. The van der Waals surface area contributed by atoms with E-state index in [0.717, 1.165) is 29.8 Å². The van der Waals surface area contributed by atoms with Crippen molar-refractivity contribution in [3.05, 3.63) is 29.4 Å². The number of nitrogens with two attached hydrogens (primary N) is 1. The first-order valence-electron chi connectivity index (χ1n) is 7.13. The van der Waals surface area contributed by atoms with Crippen molar-refractivity contribution in [2.75, 3.05) is 6.54 Å². The Morgan fingerprint density at radius 2 is 1.80 bits per heavy atom. The molecule has 1 saturated carbocycles. The molecule has 0 unspecified atom stereocenters. The van der Waals surface area contributed by atoms with Crippen molar-refractivity contribution in [1.29, 1.82) is 0 Å². The van der Waals surface area contributed by atoms with Crippen LogP contribution in [0, 0.1) is 13.8 Å². The zero-order valence-corrected chi connectivity index (χ0v) is 12.0. The molecule has 1 aliphatic carbocycles. The minimum atomic E-state index is -0.109. The minimum absolute atomic E-state index is 0.109. The predicted molar refractivity (Wildman–Crippen MR) is 76.2 cm³/mol. The molecule has 5 nitrogen and oxygen atoms in total. The topological polar surface area (TPSA) is 77.8 Å². The lowest BCUT2D eigenvalue weighted by Crippen LogP contribution is -2.32. The molecule has 3 rings (SSSR count). The molecule has 0 aliphatic heterocycles. The van der Waals surface area contributed by atoms with Gasteiger partial charge < -0.3 is 10.3 Å². The van der Waals surface area contributed by atoms with E-state index in [2.05, 4.69) is 15.1 Å². The van der Waals surface area contributed by atoms with Crippen LogP contribution in [0.15, 0.2) is 16.7 Å². The lowest BCUT2D eigenvalue weighted by atomic mass is 9.86. The van der Waals surface area contributed by atoms with Crippen molar-refractivity contribution in [3.8, 4) is 11.4 Å². The molecule has 2 heterocycles. The maximum absolute atomic E-state index is 5.96. The molecule has 0 atom stereocenters. The molecule has 0 saturated heterocycles. The summed E-state index contributed by atoms with van der Waals surface area (Å²) in [6, 6.07) is 3.96. The van der Waals surface area contributed by atoms with E-state index in [-0.39, 0.29) is 5.41 Å². The number of nitrogens with zero attached hydrogens (tertiary/aromatic N) is 3. The van der Waals surface area contributed by atoms with Crippen molar-refractivity contribution in [2.24, 2.45) is 5.73 Å². The molecular weight excluding hydrogens is 252 g/mol. The standard InChI is InChI=1S/C15H20N4O/c1-10-7-12(8-11(2)17-10)13-18-14(20-19-13)15(9-16)5-3-4-6-15/h7-8H,3-6,9,16H2,1-2H3. The van der Waals surface area contributed by atoms with Crippen LogP contribution in [-0.4, -0.2) is 21.7 Å². The number of pyridine rings is 1. The molecule has 20 heavy (non-hydrogen) atoms. The highest BCUT2D eigenvalue weighted by molar-refractivity contribution is 5.55. The van der Waals surface area contributed by atoms with Gasteiger partial charge in [-0.1, -0.05) is 18.0 Å². The van der Waals surface area contributed by atoms with Crippen LogP contribution in [0.3, 0.4) is 0 Å². The van der Waals surface area contributed by atoms with Gasteiger partial charge in [0.15, 0.2) is 0 Å². The maximum atomic E-state index is 5.96. The Balaban J connectivity index is 1.97. The monoisotopic (exact) mass is 272 g/mol. The van der Waals surface area contributed by atoms with Crippen molar-refractivity contribution in [1.82, 2.24) is 15.1 Å². The number of hydrogen-bond donors (Lipinski definition) is 1. The first kappa shape index (κ1) is 13.2. The Bertz CT molecular complexity index is 594.